The van der Waals surface area contributed by atoms with E-state index in [-0.39, 0.29) is 11.8 Å². The molecular formula is C25H34N4O. The van der Waals surface area contributed by atoms with Gasteiger partial charge in [0.05, 0.1) is 5.92 Å². The zero-order valence-electron chi connectivity index (χ0n) is 18.1. The van der Waals surface area contributed by atoms with Crippen LogP contribution in [-0.4, -0.2) is 52.9 Å². The van der Waals surface area contributed by atoms with Gasteiger partial charge in [0.25, 0.3) is 0 Å². The highest BCUT2D eigenvalue weighted by Crippen LogP contribution is 2.25. The molecule has 2 aliphatic rings. The van der Waals surface area contributed by atoms with Crippen LogP contribution in [0.4, 0.5) is 0 Å². The fraction of sp³-hybridized carbons (Fsp3) is 0.520. The molecule has 2 fully saturated rings. The Kier molecular flexibility index (Phi) is 7.13. The summed E-state index contributed by atoms with van der Waals surface area (Å²) in [6.45, 7) is 8.06. The lowest BCUT2D eigenvalue weighted by Gasteiger charge is -2.42. The van der Waals surface area contributed by atoms with Crippen LogP contribution >= 0.6 is 0 Å². The lowest BCUT2D eigenvalue weighted by atomic mass is 9.93. The van der Waals surface area contributed by atoms with Crippen molar-refractivity contribution in [1.82, 2.24) is 20.1 Å². The van der Waals surface area contributed by atoms with E-state index in [0.717, 1.165) is 45.6 Å². The van der Waals surface area contributed by atoms with Crippen molar-refractivity contribution in [2.75, 3.05) is 26.2 Å². The van der Waals surface area contributed by atoms with E-state index in [0.29, 0.717) is 12.6 Å². The molecule has 0 saturated carbocycles. The zero-order chi connectivity index (χ0) is 20.8. The molecule has 0 bridgehead atoms. The first-order valence-electron chi connectivity index (χ1n) is 11.4. The largest absolute Gasteiger partial charge is 0.352 e. The maximum atomic E-state index is 12.8. The third kappa shape index (κ3) is 5.46. The smallest absolute Gasteiger partial charge is 0.224 e. The summed E-state index contributed by atoms with van der Waals surface area (Å²) in [5.41, 5.74) is 3.79. The van der Waals surface area contributed by atoms with E-state index in [1.807, 2.05) is 24.5 Å². The number of hydrogen-bond acceptors (Lipinski definition) is 4. The van der Waals surface area contributed by atoms with E-state index in [1.165, 1.54) is 29.5 Å². The molecule has 0 aliphatic carbocycles. The second-order valence-corrected chi connectivity index (χ2v) is 8.84. The third-order valence-electron chi connectivity index (χ3n) is 6.77. The summed E-state index contributed by atoms with van der Waals surface area (Å²) < 4.78 is 0. The Labute approximate surface area is 180 Å². The summed E-state index contributed by atoms with van der Waals surface area (Å²) in [7, 11) is 0. The molecule has 1 atom stereocenters. The van der Waals surface area contributed by atoms with Crippen molar-refractivity contribution in [3.05, 3.63) is 65.5 Å². The van der Waals surface area contributed by atoms with Crippen molar-refractivity contribution >= 4 is 5.91 Å². The Hall–Kier alpha value is -2.24. The first-order valence-corrected chi connectivity index (χ1v) is 11.4. The third-order valence-corrected chi connectivity index (χ3v) is 6.77. The fourth-order valence-corrected chi connectivity index (χ4v) is 4.88. The molecule has 0 radical (unpaired) electrons. The molecule has 0 spiro atoms. The van der Waals surface area contributed by atoms with Gasteiger partial charge in [-0.1, -0.05) is 24.3 Å². The standard InChI is InChI=1S/C25H34N4O/c1-20-5-2-3-6-22(20)17-27-25(30)23-7-4-14-29(19-23)24-10-15-28(16-11-24)18-21-8-12-26-13-9-21/h2-3,5-6,8-9,12-13,23-24H,4,7,10-11,14-19H2,1H3,(H,27,30)/t23-/m0/s1. The quantitative estimate of drug-likeness (QED) is 0.799. The van der Waals surface area contributed by atoms with Gasteiger partial charge in [0, 0.05) is 38.1 Å². The number of piperidine rings is 2. The van der Waals surface area contributed by atoms with Crippen molar-refractivity contribution in [3.8, 4) is 0 Å². The van der Waals surface area contributed by atoms with Crippen molar-refractivity contribution in [3.63, 3.8) is 0 Å². The molecule has 1 aromatic carbocycles. The van der Waals surface area contributed by atoms with Gasteiger partial charge in [0.1, 0.15) is 0 Å². The van der Waals surface area contributed by atoms with Crippen molar-refractivity contribution < 1.29 is 4.79 Å². The molecule has 30 heavy (non-hydrogen) atoms. The van der Waals surface area contributed by atoms with E-state index in [2.05, 4.69) is 51.3 Å². The second-order valence-electron chi connectivity index (χ2n) is 8.84. The molecule has 1 amide bonds. The predicted molar refractivity (Wildman–Crippen MR) is 120 cm³/mol. The van der Waals surface area contributed by atoms with Crippen LogP contribution in [0.25, 0.3) is 0 Å². The highest BCUT2D eigenvalue weighted by Gasteiger charge is 2.31. The SMILES string of the molecule is Cc1ccccc1CNC(=O)[C@H]1CCCN(C2CCN(Cc3ccncc3)CC2)C1. The summed E-state index contributed by atoms with van der Waals surface area (Å²) in [5.74, 6) is 0.343. The van der Waals surface area contributed by atoms with Gasteiger partial charge in [-0.15, -0.1) is 0 Å². The number of rotatable bonds is 6. The number of aromatic nitrogens is 1. The molecule has 0 unspecified atom stereocenters. The minimum Gasteiger partial charge on any atom is -0.352 e. The van der Waals surface area contributed by atoms with Crippen LogP contribution in [-0.2, 0) is 17.9 Å². The van der Waals surface area contributed by atoms with Gasteiger partial charge < -0.3 is 5.32 Å². The normalized spacial score (nSPS) is 21.4. The van der Waals surface area contributed by atoms with Gasteiger partial charge in [0.2, 0.25) is 5.91 Å². The van der Waals surface area contributed by atoms with Crippen LogP contribution in [0.5, 0.6) is 0 Å². The number of amides is 1. The lowest BCUT2D eigenvalue weighted by Crippen LogP contribution is -2.50. The van der Waals surface area contributed by atoms with Crippen LogP contribution < -0.4 is 5.32 Å². The summed E-state index contributed by atoms with van der Waals surface area (Å²) in [6, 6.07) is 13.1. The topological polar surface area (TPSA) is 48.5 Å². The van der Waals surface area contributed by atoms with E-state index >= 15 is 0 Å². The number of nitrogens with zero attached hydrogens (tertiary/aromatic N) is 3. The Morgan fingerprint density at radius 3 is 2.60 bits per heavy atom. The predicted octanol–water partition coefficient (Wildman–Crippen LogP) is 3.38. The minimum absolute atomic E-state index is 0.123. The van der Waals surface area contributed by atoms with Gasteiger partial charge in [-0.2, -0.15) is 0 Å². The maximum Gasteiger partial charge on any atom is 0.224 e. The van der Waals surface area contributed by atoms with Crippen molar-refractivity contribution in [2.45, 2.75) is 51.7 Å². The molecule has 1 N–H and O–H groups in total. The monoisotopic (exact) mass is 406 g/mol. The van der Waals surface area contributed by atoms with Gasteiger partial charge in [-0.3, -0.25) is 19.6 Å². The van der Waals surface area contributed by atoms with E-state index in [9.17, 15) is 4.79 Å². The van der Waals surface area contributed by atoms with Crippen LogP contribution in [0.15, 0.2) is 48.8 Å². The van der Waals surface area contributed by atoms with Gasteiger partial charge in [-0.25, -0.2) is 0 Å². The fourth-order valence-electron chi connectivity index (χ4n) is 4.88. The maximum absolute atomic E-state index is 12.8. The molecule has 2 saturated heterocycles. The molecule has 5 nitrogen and oxygen atoms in total. The number of carbonyl (C=O) groups is 1. The Balaban J connectivity index is 1.24. The number of hydrogen-bond donors (Lipinski definition) is 1. The number of aryl methyl sites for hydroxylation is 1. The number of nitrogens with one attached hydrogen (secondary N) is 1. The van der Waals surface area contributed by atoms with Crippen molar-refractivity contribution in [1.29, 1.82) is 0 Å². The van der Waals surface area contributed by atoms with Crippen LogP contribution in [0.1, 0.15) is 42.4 Å². The molecule has 1 aromatic heterocycles. The number of benzene rings is 1. The molecule has 5 heteroatoms. The first-order chi connectivity index (χ1) is 14.7. The average Bonchev–Trinajstić information content (AvgIpc) is 2.80. The summed E-state index contributed by atoms with van der Waals surface area (Å²) in [4.78, 5) is 22.1. The molecule has 4 rings (SSSR count). The minimum atomic E-state index is 0.123. The first kappa shape index (κ1) is 21.0. The summed E-state index contributed by atoms with van der Waals surface area (Å²) >= 11 is 0. The summed E-state index contributed by atoms with van der Waals surface area (Å²) in [6.07, 6.45) is 8.28. The number of likely N-dealkylation sites (tertiary alicyclic amines) is 2. The Bertz CT molecular complexity index is 817. The van der Waals surface area contributed by atoms with Gasteiger partial charge in [-0.05, 0) is 81.1 Å². The van der Waals surface area contributed by atoms with E-state index < -0.39 is 0 Å². The average molecular weight is 407 g/mol. The summed E-state index contributed by atoms with van der Waals surface area (Å²) in [5, 5.41) is 3.19. The van der Waals surface area contributed by atoms with Crippen LogP contribution in [0, 0.1) is 12.8 Å². The zero-order valence-corrected chi connectivity index (χ0v) is 18.1. The van der Waals surface area contributed by atoms with Crippen molar-refractivity contribution in [2.24, 2.45) is 5.92 Å². The molecule has 2 aliphatic heterocycles. The molecule has 3 heterocycles. The highest BCUT2D eigenvalue weighted by atomic mass is 16.1. The van der Waals surface area contributed by atoms with Crippen LogP contribution in [0.3, 0.4) is 0 Å². The second kappa shape index (κ2) is 10.2. The highest BCUT2D eigenvalue weighted by molar-refractivity contribution is 5.79. The Morgan fingerprint density at radius 2 is 1.83 bits per heavy atom. The van der Waals surface area contributed by atoms with Gasteiger partial charge in [0.15, 0.2) is 0 Å². The van der Waals surface area contributed by atoms with E-state index in [4.69, 9.17) is 0 Å². The molecular weight excluding hydrogens is 372 g/mol. The number of pyridine rings is 1. The molecule has 160 valence electrons. The van der Waals surface area contributed by atoms with Crippen LogP contribution in [0.2, 0.25) is 0 Å². The lowest BCUT2D eigenvalue weighted by molar-refractivity contribution is -0.127. The van der Waals surface area contributed by atoms with Gasteiger partial charge >= 0.3 is 0 Å². The number of carbonyl (C=O) groups excluding carboxylic acids is 1. The molecule has 2 aromatic rings. The Morgan fingerprint density at radius 1 is 1.07 bits per heavy atom. The van der Waals surface area contributed by atoms with E-state index in [1.54, 1.807) is 0 Å².